The van der Waals surface area contributed by atoms with Crippen molar-refractivity contribution in [1.82, 2.24) is 15.2 Å². The van der Waals surface area contributed by atoms with Crippen molar-refractivity contribution in [2.45, 2.75) is 76.0 Å². The van der Waals surface area contributed by atoms with Crippen LogP contribution < -0.4 is 5.32 Å². The largest absolute Gasteiger partial charge is 0.370 e. The summed E-state index contributed by atoms with van der Waals surface area (Å²) in [6, 6.07) is 12.2. The fraction of sp³-hybridized carbons (Fsp3) is 0.536. The second kappa shape index (κ2) is 9.87. The Morgan fingerprint density at radius 1 is 1.09 bits per heavy atom. The fourth-order valence-electron chi connectivity index (χ4n) is 6.45. The van der Waals surface area contributed by atoms with Gasteiger partial charge in [-0.15, -0.1) is 0 Å². The van der Waals surface area contributed by atoms with E-state index < -0.39 is 0 Å². The SMILES string of the molecule is CC(=O)N[C@@H]1c2ccccc2C2(CCN(C(=O)CC3CCCC3)CC2)[C@H]1OCc1ccncc1. The molecule has 0 radical (unpaired) electrons. The number of nitrogens with zero attached hydrogens (tertiary/aromatic N) is 2. The highest BCUT2D eigenvalue weighted by Crippen LogP contribution is 2.52. The summed E-state index contributed by atoms with van der Waals surface area (Å²) in [6.07, 6.45) is 10.7. The molecule has 1 saturated carbocycles. The first-order chi connectivity index (χ1) is 16.6. The van der Waals surface area contributed by atoms with Crippen LogP contribution in [0.1, 0.15) is 74.6 Å². The summed E-state index contributed by atoms with van der Waals surface area (Å²) >= 11 is 0. The van der Waals surface area contributed by atoms with E-state index in [2.05, 4.69) is 33.4 Å². The van der Waals surface area contributed by atoms with E-state index in [1.807, 2.05) is 18.2 Å². The van der Waals surface area contributed by atoms with Crippen molar-refractivity contribution >= 4 is 11.8 Å². The van der Waals surface area contributed by atoms with Crippen molar-refractivity contribution in [3.8, 4) is 0 Å². The lowest BCUT2D eigenvalue weighted by Gasteiger charge is -2.44. The minimum Gasteiger partial charge on any atom is -0.370 e. The molecule has 6 nitrogen and oxygen atoms in total. The van der Waals surface area contributed by atoms with Crippen LogP contribution in [-0.2, 0) is 26.3 Å². The van der Waals surface area contributed by atoms with Gasteiger partial charge in [0.2, 0.25) is 11.8 Å². The third-order valence-electron chi connectivity index (χ3n) is 8.16. The zero-order valence-corrected chi connectivity index (χ0v) is 20.0. The molecule has 0 bridgehead atoms. The van der Waals surface area contributed by atoms with Crippen molar-refractivity contribution in [2.24, 2.45) is 5.92 Å². The van der Waals surface area contributed by atoms with Gasteiger partial charge in [0.25, 0.3) is 0 Å². The number of hydrogen-bond donors (Lipinski definition) is 1. The highest BCUT2D eigenvalue weighted by Gasteiger charge is 2.54. The molecule has 1 spiro atoms. The molecule has 2 fully saturated rings. The Morgan fingerprint density at radius 3 is 2.50 bits per heavy atom. The molecule has 2 heterocycles. The van der Waals surface area contributed by atoms with Crippen LogP contribution in [0.3, 0.4) is 0 Å². The van der Waals surface area contributed by atoms with Gasteiger partial charge in [0.1, 0.15) is 0 Å². The lowest BCUT2D eigenvalue weighted by Crippen LogP contribution is -2.52. The van der Waals surface area contributed by atoms with Gasteiger partial charge < -0.3 is 15.0 Å². The van der Waals surface area contributed by atoms with Crippen molar-refractivity contribution in [1.29, 1.82) is 0 Å². The van der Waals surface area contributed by atoms with Gasteiger partial charge in [0.15, 0.2) is 0 Å². The predicted octanol–water partition coefficient (Wildman–Crippen LogP) is 4.30. The molecule has 1 aromatic heterocycles. The maximum absolute atomic E-state index is 13.0. The maximum atomic E-state index is 13.0. The van der Waals surface area contributed by atoms with Gasteiger partial charge in [0, 0.05) is 44.2 Å². The van der Waals surface area contributed by atoms with Crippen LogP contribution in [-0.4, -0.2) is 40.9 Å². The van der Waals surface area contributed by atoms with Crippen molar-refractivity contribution in [3.05, 3.63) is 65.5 Å². The van der Waals surface area contributed by atoms with Crippen LogP contribution in [0.2, 0.25) is 0 Å². The zero-order valence-electron chi connectivity index (χ0n) is 20.0. The van der Waals surface area contributed by atoms with Crippen molar-refractivity contribution in [2.75, 3.05) is 13.1 Å². The highest BCUT2D eigenvalue weighted by atomic mass is 16.5. The molecule has 34 heavy (non-hydrogen) atoms. The monoisotopic (exact) mass is 461 g/mol. The molecule has 5 rings (SSSR count). The van der Waals surface area contributed by atoms with Crippen molar-refractivity contribution < 1.29 is 14.3 Å². The molecule has 1 N–H and O–H groups in total. The van der Waals surface area contributed by atoms with Crippen LogP contribution in [0.4, 0.5) is 0 Å². The third-order valence-corrected chi connectivity index (χ3v) is 8.16. The number of likely N-dealkylation sites (tertiary alicyclic amines) is 1. The quantitative estimate of drug-likeness (QED) is 0.696. The molecule has 2 amide bonds. The maximum Gasteiger partial charge on any atom is 0.222 e. The lowest BCUT2D eigenvalue weighted by molar-refractivity contribution is -0.135. The summed E-state index contributed by atoms with van der Waals surface area (Å²) in [5.41, 5.74) is 3.24. The van der Waals surface area contributed by atoms with Gasteiger partial charge >= 0.3 is 0 Å². The fourth-order valence-corrected chi connectivity index (χ4v) is 6.45. The van der Waals surface area contributed by atoms with Crippen LogP contribution in [0.15, 0.2) is 48.8 Å². The van der Waals surface area contributed by atoms with Gasteiger partial charge in [-0.1, -0.05) is 37.1 Å². The minimum atomic E-state index is -0.221. The number of fused-ring (bicyclic) bond motifs is 2. The molecular weight excluding hydrogens is 426 g/mol. The Hall–Kier alpha value is -2.73. The lowest BCUT2D eigenvalue weighted by atomic mass is 9.71. The van der Waals surface area contributed by atoms with Gasteiger partial charge in [0.05, 0.1) is 18.8 Å². The Balaban J connectivity index is 1.38. The Bertz CT molecular complexity index is 1010. The molecule has 1 aliphatic heterocycles. The summed E-state index contributed by atoms with van der Waals surface area (Å²) in [5, 5.41) is 3.18. The first-order valence-corrected chi connectivity index (χ1v) is 12.7. The van der Waals surface area contributed by atoms with Crippen LogP contribution in [0.25, 0.3) is 0 Å². The molecule has 3 aliphatic rings. The highest BCUT2D eigenvalue weighted by molar-refractivity contribution is 5.77. The number of carbonyl (C=O) groups excluding carboxylic acids is 2. The molecule has 180 valence electrons. The summed E-state index contributed by atoms with van der Waals surface area (Å²) in [6.45, 7) is 3.50. The topological polar surface area (TPSA) is 71.5 Å². The van der Waals surface area contributed by atoms with Crippen LogP contribution in [0, 0.1) is 5.92 Å². The van der Waals surface area contributed by atoms with E-state index in [0.29, 0.717) is 24.9 Å². The number of pyridine rings is 1. The van der Waals surface area contributed by atoms with Crippen LogP contribution >= 0.6 is 0 Å². The second-order valence-electron chi connectivity index (χ2n) is 10.2. The Labute approximate surface area is 202 Å². The van der Waals surface area contributed by atoms with Gasteiger partial charge in [-0.2, -0.15) is 0 Å². The van der Waals surface area contributed by atoms with Gasteiger partial charge in [-0.3, -0.25) is 14.6 Å². The second-order valence-corrected chi connectivity index (χ2v) is 10.2. The number of hydrogen-bond acceptors (Lipinski definition) is 4. The summed E-state index contributed by atoms with van der Waals surface area (Å²) in [7, 11) is 0. The summed E-state index contributed by atoms with van der Waals surface area (Å²) in [5.74, 6) is 0.815. The summed E-state index contributed by atoms with van der Waals surface area (Å²) in [4.78, 5) is 31.4. The standard InChI is InChI=1S/C28H35N3O3/c1-20(32)30-26-23-8-4-5-9-24(23)28(27(26)34-19-22-10-14-29-15-11-22)12-16-31(17-13-28)25(33)18-21-6-2-3-7-21/h4-5,8-11,14-15,21,26-27H,2-3,6-7,12-13,16-19H2,1H3,(H,30,32)/t26-,27+/m1/s1. The average Bonchev–Trinajstić information content (AvgIpc) is 3.44. The molecule has 1 aromatic carbocycles. The van der Waals surface area contributed by atoms with E-state index in [9.17, 15) is 9.59 Å². The third kappa shape index (κ3) is 4.48. The molecule has 0 unspecified atom stereocenters. The number of amides is 2. The number of benzene rings is 1. The smallest absolute Gasteiger partial charge is 0.222 e. The number of piperidine rings is 1. The minimum absolute atomic E-state index is 0.0569. The van der Waals surface area contributed by atoms with E-state index in [1.54, 1.807) is 19.3 Å². The Morgan fingerprint density at radius 2 is 1.79 bits per heavy atom. The predicted molar refractivity (Wildman–Crippen MR) is 130 cm³/mol. The Kier molecular flexibility index (Phi) is 6.68. The molecule has 2 aliphatic carbocycles. The van der Waals surface area contributed by atoms with Gasteiger partial charge in [-0.25, -0.2) is 0 Å². The number of aromatic nitrogens is 1. The number of rotatable bonds is 6. The molecule has 2 aromatic rings. The average molecular weight is 462 g/mol. The number of nitrogens with one attached hydrogen (secondary N) is 1. The van der Waals surface area contributed by atoms with Crippen LogP contribution in [0.5, 0.6) is 0 Å². The number of ether oxygens (including phenoxy) is 1. The first-order valence-electron chi connectivity index (χ1n) is 12.7. The normalized spacial score (nSPS) is 23.7. The van der Waals surface area contributed by atoms with E-state index in [1.165, 1.54) is 31.2 Å². The van der Waals surface area contributed by atoms with E-state index in [4.69, 9.17) is 4.74 Å². The molecular formula is C28H35N3O3. The molecule has 1 saturated heterocycles. The zero-order chi connectivity index (χ0) is 23.5. The molecule has 2 atom stereocenters. The van der Waals surface area contributed by atoms with E-state index in [-0.39, 0.29) is 23.5 Å². The first kappa shape index (κ1) is 23.0. The van der Waals surface area contributed by atoms with Crippen molar-refractivity contribution in [3.63, 3.8) is 0 Å². The van der Waals surface area contributed by atoms with E-state index >= 15 is 0 Å². The van der Waals surface area contributed by atoms with E-state index in [0.717, 1.165) is 37.1 Å². The summed E-state index contributed by atoms with van der Waals surface area (Å²) < 4.78 is 6.64. The van der Waals surface area contributed by atoms with Gasteiger partial charge in [-0.05, 0) is 60.4 Å². The number of carbonyl (C=O) groups is 2. The molecule has 6 heteroatoms.